The summed E-state index contributed by atoms with van der Waals surface area (Å²) in [6.45, 7) is 2.10. The van der Waals surface area contributed by atoms with Gasteiger partial charge in [-0.15, -0.1) is 101 Å². The summed E-state index contributed by atoms with van der Waals surface area (Å²) in [4.78, 5) is 13.8. The first-order chi connectivity index (χ1) is 32.1. The van der Waals surface area contributed by atoms with E-state index in [2.05, 4.69) is 199 Å². The van der Waals surface area contributed by atoms with Crippen molar-refractivity contribution in [3.05, 3.63) is 259 Å². The smallest absolute Gasteiger partial charge is 0.305 e. The normalized spacial score (nSPS) is 10.9. The summed E-state index contributed by atoms with van der Waals surface area (Å²) < 4.78 is 0. The van der Waals surface area contributed by atoms with Crippen LogP contribution in [0.5, 0.6) is 0 Å². The molecule has 66 heavy (non-hydrogen) atoms. The van der Waals surface area contributed by atoms with Crippen molar-refractivity contribution >= 4 is 0 Å². The van der Waals surface area contributed by atoms with Gasteiger partial charge in [0, 0.05) is 18.6 Å². The molecule has 0 aliphatic rings. The minimum absolute atomic E-state index is 0. The second-order valence-electron chi connectivity index (χ2n) is 16.6. The Morgan fingerprint density at radius 2 is 0.833 bits per heavy atom. The average molecular weight is 1030 g/mol. The molecule has 0 N–H and O–H groups in total. The van der Waals surface area contributed by atoms with Crippen LogP contribution in [0.1, 0.15) is 27.8 Å². The molecular formula is C62H46IrN3. The van der Waals surface area contributed by atoms with Gasteiger partial charge in [-0.05, 0) is 99.6 Å². The molecule has 4 heteroatoms. The quantitative estimate of drug-likeness (QED) is 0.108. The molecule has 0 bridgehead atoms. The molecule has 0 aliphatic carbocycles. The minimum Gasteiger partial charge on any atom is -0.305 e. The molecule has 3 aromatic heterocycles. The Morgan fingerprint density at radius 3 is 1.42 bits per heavy atom. The molecule has 0 saturated carbocycles. The van der Waals surface area contributed by atoms with Crippen molar-refractivity contribution < 1.29 is 20.1 Å². The van der Waals surface area contributed by atoms with Crippen LogP contribution in [-0.2, 0) is 45.8 Å². The van der Waals surface area contributed by atoms with E-state index >= 15 is 0 Å². The third-order valence-corrected chi connectivity index (χ3v) is 12.1. The Hall–Kier alpha value is -7.36. The SMILES string of the molecule is Cc1ccnc(-c2[c-]cc(CCc3cc(CCc4c[c-]c(-c5ccccn5)cc4)cc(-c4ccccc4-c4c[c-]c(-c5cc(-c6ccc(-c7ccccc7)cc6)ccn5)cc4)c3)cc2)c1.[Ir+3]. The van der Waals surface area contributed by atoms with E-state index in [1.807, 2.05) is 48.9 Å². The molecule has 0 atom stereocenters. The van der Waals surface area contributed by atoms with Crippen molar-refractivity contribution in [1.29, 1.82) is 0 Å². The first-order valence-corrected chi connectivity index (χ1v) is 22.3. The van der Waals surface area contributed by atoms with Crippen LogP contribution in [0.4, 0.5) is 0 Å². The maximum atomic E-state index is 4.76. The number of aryl methyl sites for hydroxylation is 5. The van der Waals surface area contributed by atoms with Crippen LogP contribution in [0.15, 0.2) is 213 Å². The maximum absolute atomic E-state index is 4.76. The van der Waals surface area contributed by atoms with Crippen LogP contribution >= 0.6 is 0 Å². The largest absolute Gasteiger partial charge is 3.00 e. The number of rotatable bonds is 13. The topological polar surface area (TPSA) is 38.7 Å². The van der Waals surface area contributed by atoms with Gasteiger partial charge >= 0.3 is 20.1 Å². The van der Waals surface area contributed by atoms with Gasteiger partial charge in [-0.2, -0.15) is 0 Å². The molecule has 0 fully saturated rings. The zero-order valence-electron chi connectivity index (χ0n) is 36.7. The van der Waals surface area contributed by atoms with Crippen molar-refractivity contribution in [2.24, 2.45) is 0 Å². The van der Waals surface area contributed by atoms with Crippen LogP contribution in [0, 0.1) is 25.1 Å². The summed E-state index contributed by atoms with van der Waals surface area (Å²) in [7, 11) is 0. The Bertz CT molecular complexity index is 3160. The van der Waals surface area contributed by atoms with E-state index in [0.29, 0.717) is 0 Å². The number of pyridine rings is 3. The fraction of sp³-hybridized carbons (Fsp3) is 0.0806. The Balaban J connectivity index is 0.00000548. The van der Waals surface area contributed by atoms with E-state index in [-0.39, 0.29) is 20.1 Å². The van der Waals surface area contributed by atoms with Crippen molar-refractivity contribution in [3.63, 3.8) is 0 Å². The first kappa shape index (κ1) is 43.9. The zero-order valence-corrected chi connectivity index (χ0v) is 39.1. The zero-order chi connectivity index (χ0) is 43.8. The van der Waals surface area contributed by atoms with Crippen LogP contribution in [0.3, 0.4) is 0 Å². The number of benzene rings is 7. The van der Waals surface area contributed by atoms with Gasteiger partial charge in [0.2, 0.25) is 0 Å². The molecule has 0 unspecified atom stereocenters. The standard InChI is InChI=1S/C62H46N3.Ir/c1-44-34-37-64-61(39-44)54-24-20-46(21-25-54)15-17-48-40-47(16-14-45-18-22-53(23-19-45)60-13-7-8-36-63-60)41-57(42-48)59-12-6-5-11-58(59)52-30-32-55(33-31-52)62-43-56(35-38-65-62)51-28-26-50(27-29-51)49-9-3-2-4-10-49;/h2-13,18-22,24,26-32,34-43H,14-17H2,1H3;/q-3;+3. The van der Waals surface area contributed by atoms with E-state index < -0.39 is 0 Å². The summed E-state index contributed by atoms with van der Waals surface area (Å²) in [6, 6.07) is 79.5. The Kier molecular flexibility index (Phi) is 13.7. The third kappa shape index (κ3) is 10.4. The van der Waals surface area contributed by atoms with Gasteiger partial charge in [-0.1, -0.05) is 151 Å². The van der Waals surface area contributed by atoms with Crippen LogP contribution < -0.4 is 0 Å². The van der Waals surface area contributed by atoms with E-state index in [9.17, 15) is 0 Å². The summed E-state index contributed by atoms with van der Waals surface area (Å²) in [6.07, 6.45) is 9.24. The average Bonchev–Trinajstić information content (AvgIpc) is 3.38. The summed E-state index contributed by atoms with van der Waals surface area (Å²) in [5.41, 5.74) is 21.5. The van der Waals surface area contributed by atoms with Gasteiger partial charge < -0.3 is 15.0 Å². The van der Waals surface area contributed by atoms with Gasteiger partial charge in [0.15, 0.2) is 0 Å². The molecule has 0 amide bonds. The molecule has 0 spiro atoms. The van der Waals surface area contributed by atoms with E-state index in [1.54, 1.807) is 0 Å². The number of hydrogen-bond donors (Lipinski definition) is 0. The van der Waals surface area contributed by atoms with Gasteiger partial charge in [-0.25, -0.2) is 0 Å². The molecule has 10 aromatic rings. The fourth-order valence-corrected chi connectivity index (χ4v) is 8.51. The molecule has 3 nitrogen and oxygen atoms in total. The molecule has 0 aliphatic heterocycles. The van der Waals surface area contributed by atoms with Crippen LogP contribution in [0.25, 0.3) is 78.3 Å². The van der Waals surface area contributed by atoms with E-state index in [4.69, 9.17) is 4.98 Å². The Labute approximate surface area is 402 Å². The summed E-state index contributed by atoms with van der Waals surface area (Å²) in [5.74, 6) is 0. The van der Waals surface area contributed by atoms with Crippen molar-refractivity contribution in [3.8, 4) is 78.3 Å². The van der Waals surface area contributed by atoms with Gasteiger partial charge in [0.1, 0.15) is 0 Å². The summed E-state index contributed by atoms with van der Waals surface area (Å²) in [5, 5.41) is 0. The van der Waals surface area contributed by atoms with Gasteiger partial charge in [-0.3, -0.25) is 0 Å². The molecule has 0 saturated heterocycles. The van der Waals surface area contributed by atoms with E-state index in [1.165, 1.54) is 55.6 Å². The van der Waals surface area contributed by atoms with Gasteiger partial charge in [0.05, 0.1) is 0 Å². The van der Waals surface area contributed by atoms with Crippen molar-refractivity contribution in [2.45, 2.75) is 32.6 Å². The fourth-order valence-electron chi connectivity index (χ4n) is 8.51. The molecule has 7 aromatic carbocycles. The van der Waals surface area contributed by atoms with E-state index in [0.717, 1.165) is 76.1 Å². The van der Waals surface area contributed by atoms with Crippen LogP contribution in [-0.4, -0.2) is 15.0 Å². The third-order valence-electron chi connectivity index (χ3n) is 12.1. The van der Waals surface area contributed by atoms with Gasteiger partial charge in [0.25, 0.3) is 0 Å². The predicted octanol–water partition coefficient (Wildman–Crippen LogP) is 14.8. The second-order valence-corrected chi connectivity index (χ2v) is 16.6. The predicted molar refractivity (Wildman–Crippen MR) is 267 cm³/mol. The van der Waals surface area contributed by atoms with Crippen molar-refractivity contribution in [2.75, 3.05) is 0 Å². The first-order valence-electron chi connectivity index (χ1n) is 22.3. The molecule has 0 radical (unpaired) electrons. The number of nitrogens with zero attached hydrogens (tertiary/aromatic N) is 3. The number of hydrogen-bond acceptors (Lipinski definition) is 3. The monoisotopic (exact) mass is 1030 g/mol. The minimum atomic E-state index is 0. The number of aromatic nitrogens is 3. The molecular weight excluding hydrogens is 979 g/mol. The molecule has 10 rings (SSSR count). The Morgan fingerprint density at radius 1 is 0.333 bits per heavy atom. The molecule has 318 valence electrons. The summed E-state index contributed by atoms with van der Waals surface area (Å²) >= 11 is 0. The molecule has 3 heterocycles. The maximum Gasteiger partial charge on any atom is 3.00 e. The van der Waals surface area contributed by atoms with Crippen molar-refractivity contribution in [1.82, 2.24) is 15.0 Å². The van der Waals surface area contributed by atoms with Crippen LogP contribution in [0.2, 0.25) is 0 Å². The second kappa shape index (κ2) is 20.6.